The highest BCUT2D eigenvalue weighted by molar-refractivity contribution is 7.09. The predicted molar refractivity (Wildman–Crippen MR) is 94.0 cm³/mol. The van der Waals surface area contributed by atoms with E-state index in [0.29, 0.717) is 24.1 Å². The molecule has 0 aliphatic carbocycles. The molecule has 2 aromatic heterocycles. The number of nitrogens with zero attached hydrogens (tertiary/aromatic N) is 3. The van der Waals surface area contributed by atoms with Gasteiger partial charge in [0, 0.05) is 23.9 Å². The van der Waals surface area contributed by atoms with Gasteiger partial charge in [0.2, 0.25) is 0 Å². The van der Waals surface area contributed by atoms with Crippen LogP contribution in [-0.4, -0.2) is 22.6 Å². The van der Waals surface area contributed by atoms with Gasteiger partial charge < -0.3 is 15.2 Å². The lowest BCUT2D eigenvalue weighted by Gasteiger charge is -2.10. The fraction of sp³-hybridized carbons (Fsp3) is 0.562. The van der Waals surface area contributed by atoms with Crippen LogP contribution in [-0.2, 0) is 32.1 Å². The lowest BCUT2D eigenvalue weighted by molar-refractivity contribution is -0.140. The molecule has 26 heavy (non-hydrogen) atoms. The number of rotatable bonds is 7. The number of hydrogen-bond donors (Lipinski definition) is 2. The van der Waals surface area contributed by atoms with Crippen molar-refractivity contribution < 1.29 is 17.7 Å². The maximum absolute atomic E-state index is 12.6. The number of aliphatic imine (C=N–C) groups is 1. The molecule has 0 fully saturated rings. The Morgan fingerprint density at radius 2 is 2.00 bits per heavy atom. The molecule has 2 aromatic rings. The first-order valence-electron chi connectivity index (χ1n) is 8.39. The van der Waals surface area contributed by atoms with Crippen molar-refractivity contribution in [1.82, 2.24) is 20.8 Å². The molecule has 144 valence electrons. The molecule has 0 atom stereocenters. The third-order valence-electron chi connectivity index (χ3n) is 3.60. The van der Waals surface area contributed by atoms with E-state index in [9.17, 15) is 13.2 Å². The zero-order valence-corrected chi connectivity index (χ0v) is 15.7. The Morgan fingerprint density at radius 3 is 2.58 bits per heavy atom. The van der Waals surface area contributed by atoms with Crippen molar-refractivity contribution in [3.05, 3.63) is 33.1 Å². The van der Waals surface area contributed by atoms with Gasteiger partial charge in [-0.2, -0.15) is 13.2 Å². The maximum atomic E-state index is 12.6. The summed E-state index contributed by atoms with van der Waals surface area (Å²) in [5, 5.41) is 11.5. The molecule has 0 aromatic carbocycles. The number of thiazole rings is 1. The Kier molecular flexibility index (Phi) is 7.01. The molecular weight excluding hydrogens is 367 g/mol. The molecule has 10 heteroatoms. The SMILES string of the molecule is CCNC(=NCc1c(CC)noc1CC)NCc1nc(C(F)(F)F)cs1. The van der Waals surface area contributed by atoms with Gasteiger partial charge in [0.15, 0.2) is 11.7 Å². The predicted octanol–water partition coefficient (Wildman–Crippen LogP) is 3.53. The molecule has 0 spiro atoms. The lowest BCUT2D eigenvalue weighted by Crippen LogP contribution is -2.36. The van der Waals surface area contributed by atoms with Gasteiger partial charge in [0.05, 0.1) is 18.8 Å². The second kappa shape index (κ2) is 9.02. The molecule has 2 N–H and O–H groups in total. The Hall–Kier alpha value is -2.10. The molecule has 0 unspecified atom stereocenters. The monoisotopic (exact) mass is 389 g/mol. The van der Waals surface area contributed by atoms with Crippen LogP contribution in [0.5, 0.6) is 0 Å². The smallest absolute Gasteiger partial charge is 0.361 e. The number of halogens is 3. The van der Waals surface area contributed by atoms with E-state index in [2.05, 4.69) is 25.8 Å². The van der Waals surface area contributed by atoms with Gasteiger partial charge >= 0.3 is 6.18 Å². The van der Waals surface area contributed by atoms with Crippen LogP contribution in [0.15, 0.2) is 14.9 Å². The van der Waals surface area contributed by atoms with Crippen molar-refractivity contribution in [3.8, 4) is 0 Å². The van der Waals surface area contributed by atoms with E-state index in [1.165, 1.54) is 0 Å². The Bertz CT molecular complexity index is 717. The summed E-state index contributed by atoms with van der Waals surface area (Å²) in [6.07, 6.45) is -2.95. The molecular formula is C16H22F3N5OS. The molecule has 0 saturated carbocycles. The van der Waals surface area contributed by atoms with Crippen molar-refractivity contribution in [2.45, 2.75) is 52.9 Å². The van der Waals surface area contributed by atoms with E-state index in [0.717, 1.165) is 46.6 Å². The Balaban J connectivity index is 2.05. The fourth-order valence-corrected chi connectivity index (χ4v) is 3.04. The normalized spacial score (nSPS) is 12.5. The minimum Gasteiger partial charge on any atom is -0.361 e. The molecule has 0 amide bonds. The molecule has 2 heterocycles. The van der Waals surface area contributed by atoms with Crippen LogP contribution in [0.4, 0.5) is 13.2 Å². The summed E-state index contributed by atoms with van der Waals surface area (Å²) in [5.74, 6) is 1.30. The third-order valence-corrected chi connectivity index (χ3v) is 4.44. The first-order chi connectivity index (χ1) is 12.4. The van der Waals surface area contributed by atoms with Gasteiger partial charge in [-0.15, -0.1) is 11.3 Å². The van der Waals surface area contributed by atoms with Crippen LogP contribution in [0.3, 0.4) is 0 Å². The minimum absolute atomic E-state index is 0.164. The fourth-order valence-electron chi connectivity index (χ4n) is 2.30. The number of aromatic nitrogens is 2. The van der Waals surface area contributed by atoms with Crippen LogP contribution in [0, 0.1) is 0 Å². The highest BCUT2D eigenvalue weighted by Gasteiger charge is 2.33. The summed E-state index contributed by atoms with van der Waals surface area (Å²) in [6.45, 7) is 7.07. The largest absolute Gasteiger partial charge is 0.434 e. The first-order valence-corrected chi connectivity index (χ1v) is 9.27. The van der Waals surface area contributed by atoms with Crippen LogP contribution < -0.4 is 10.6 Å². The van der Waals surface area contributed by atoms with Crippen LogP contribution in [0.25, 0.3) is 0 Å². The summed E-state index contributed by atoms with van der Waals surface area (Å²) >= 11 is 0.963. The third kappa shape index (κ3) is 5.20. The Labute approximate surface area is 153 Å². The molecule has 0 radical (unpaired) electrons. The van der Waals surface area contributed by atoms with Crippen molar-refractivity contribution in [3.63, 3.8) is 0 Å². The standard InChI is InChI=1S/C16H22F3N5OS/c1-4-11-10(12(5-2)25-24-11)7-21-15(20-6-3)22-8-14-23-13(9-26-14)16(17,18)19/h9H,4-8H2,1-3H3,(H2,20,21,22). The first kappa shape index (κ1) is 20.2. The van der Waals surface area contributed by atoms with Gasteiger partial charge in [-0.05, 0) is 13.3 Å². The van der Waals surface area contributed by atoms with Crippen molar-refractivity contribution in [2.24, 2.45) is 4.99 Å². The van der Waals surface area contributed by atoms with E-state index in [1.54, 1.807) is 0 Å². The number of nitrogens with one attached hydrogen (secondary N) is 2. The topological polar surface area (TPSA) is 75.3 Å². The zero-order chi connectivity index (χ0) is 19.2. The van der Waals surface area contributed by atoms with Gasteiger partial charge in [-0.1, -0.05) is 19.0 Å². The molecule has 2 rings (SSSR count). The quantitative estimate of drug-likeness (QED) is 0.560. The minimum atomic E-state index is -4.42. The summed E-state index contributed by atoms with van der Waals surface area (Å²) in [7, 11) is 0. The molecule has 0 aliphatic heterocycles. The average molecular weight is 389 g/mol. The van der Waals surface area contributed by atoms with Crippen LogP contribution in [0.2, 0.25) is 0 Å². The van der Waals surface area contributed by atoms with E-state index >= 15 is 0 Å². The molecule has 6 nitrogen and oxygen atoms in total. The molecule has 0 bridgehead atoms. The van der Waals surface area contributed by atoms with Crippen molar-refractivity contribution in [1.29, 1.82) is 0 Å². The summed E-state index contributed by atoms with van der Waals surface area (Å²) < 4.78 is 43.2. The highest BCUT2D eigenvalue weighted by Crippen LogP contribution is 2.29. The summed E-state index contributed by atoms with van der Waals surface area (Å²) in [5.41, 5.74) is 0.961. The average Bonchev–Trinajstić information content (AvgIpc) is 3.23. The highest BCUT2D eigenvalue weighted by atomic mass is 32.1. The number of hydrogen-bond acceptors (Lipinski definition) is 5. The summed E-state index contributed by atoms with van der Waals surface area (Å²) in [6, 6.07) is 0. The van der Waals surface area contributed by atoms with E-state index in [4.69, 9.17) is 4.52 Å². The maximum Gasteiger partial charge on any atom is 0.434 e. The number of guanidine groups is 1. The lowest BCUT2D eigenvalue weighted by atomic mass is 10.1. The van der Waals surface area contributed by atoms with Crippen molar-refractivity contribution >= 4 is 17.3 Å². The number of alkyl halides is 3. The summed E-state index contributed by atoms with van der Waals surface area (Å²) in [4.78, 5) is 8.09. The number of aryl methyl sites for hydroxylation is 2. The molecule has 0 saturated heterocycles. The van der Waals surface area contributed by atoms with Crippen LogP contribution in [0.1, 0.15) is 48.5 Å². The van der Waals surface area contributed by atoms with Crippen LogP contribution >= 0.6 is 11.3 Å². The van der Waals surface area contributed by atoms with E-state index < -0.39 is 11.9 Å². The van der Waals surface area contributed by atoms with E-state index in [-0.39, 0.29) is 6.54 Å². The Morgan fingerprint density at radius 1 is 1.23 bits per heavy atom. The van der Waals surface area contributed by atoms with Crippen molar-refractivity contribution in [2.75, 3.05) is 6.54 Å². The van der Waals surface area contributed by atoms with E-state index in [1.807, 2.05) is 20.8 Å². The van der Waals surface area contributed by atoms with Gasteiger partial charge in [0.1, 0.15) is 10.8 Å². The molecule has 0 aliphatic rings. The second-order valence-corrected chi connectivity index (χ2v) is 6.35. The van der Waals surface area contributed by atoms with Gasteiger partial charge in [-0.3, -0.25) is 0 Å². The van der Waals surface area contributed by atoms with Gasteiger partial charge in [-0.25, -0.2) is 9.98 Å². The second-order valence-electron chi connectivity index (χ2n) is 5.41. The van der Waals surface area contributed by atoms with Gasteiger partial charge in [0.25, 0.3) is 0 Å². The zero-order valence-electron chi connectivity index (χ0n) is 14.9.